The van der Waals surface area contributed by atoms with E-state index >= 15 is 0 Å². The number of nitrogens with zero attached hydrogens (tertiary/aromatic N) is 3. The maximum Gasteiger partial charge on any atom is 0.271 e. The third-order valence-corrected chi connectivity index (χ3v) is 4.73. The number of hydrogen-bond donors (Lipinski definition) is 0. The standard InChI is InChI=1S/C18H15ClFN3O/c1-11-4-5-14(8-15(11)19)23-16(18(24)22-9-13(20)10-22)7-12-3-2-6-21-17(12)23/h2-8,13H,9-10H2,1H3. The average Bonchev–Trinajstić information content (AvgIpc) is 2.93. The van der Waals surface area contributed by atoms with Gasteiger partial charge in [-0.25, -0.2) is 9.37 Å². The van der Waals surface area contributed by atoms with Crippen molar-refractivity contribution in [3.05, 3.63) is 58.9 Å². The van der Waals surface area contributed by atoms with E-state index in [0.29, 0.717) is 16.4 Å². The summed E-state index contributed by atoms with van der Waals surface area (Å²) in [7, 11) is 0. The Morgan fingerprint density at radius 1 is 1.29 bits per heavy atom. The van der Waals surface area contributed by atoms with Crippen LogP contribution >= 0.6 is 11.6 Å². The number of rotatable bonds is 2. The van der Waals surface area contributed by atoms with Crippen LogP contribution in [0.4, 0.5) is 4.39 Å². The van der Waals surface area contributed by atoms with Crippen LogP contribution in [0.1, 0.15) is 16.1 Å². The van der Waals surface area contributed by atoms with Crippen molar-refractivity contribution in [1.82, 2.24) is 14.5 Å². The average molecular weight is 344 g/mol. The van der Waals surface area contributed by atoms with Crippen molar-refractivity contribution in [2.75, 3.05) is 13.1 Å². The molecule has 0 atom stereocenters. The Labute approximate surface area is 143 Å². The third kappa shape index (κ3) is 2.36. The van der Waals surface area contributed by atoms with Gasteiger partial charge < -0.3 is 4.90 Å². The first-order chi connectivity index (χ1) is 11.5. The fraction of sp³-hybridized carbons (Fsp3) is 0.222. The van der Waals surface area contributed by atoms with Gasteiger partial charge in [0.15, 0.2) is 0 Å². The molecule has 0 bridgehead atoms. The highest BCUT2D eigenvalue weighted by Crippen LogP contribution is 2.28. The number of benzene rings is 1. The zero-order valence-electron chi connectivity index (χ0n) is 13.0. The zero-order chi connectivity index (χ0) is 16.8. The summed E-state index contributed by atoms with van der Waals surface area (Å²) in [5.41, 5.74) is 2.87. The number of carbonyl (C=O) groups is 1. The minimum absolute atomic E-state index is 0.141. The lowest BCUT2D eigenvalue weighted by molar-refractivity contribution is 0.0393. The summed E-state index contributed by atoms with van der Waals surface area (Å²) in [4.78, 5) is 18.7. The minimum atomic E-state index is -0.932. The molecule has 0 radical (unpaired) electrons. The molecule has 4 nitrogen and oxygen atoms in total. The molecule has 6 heteroatoms. The Balaban J connectivity index is 1.90. The maximum absolute atomic E-state index is 13.1. The molecule has 122 valence electrons. The molecule has 1 aliphatic rings. The van der Waals surface area contributed by atoms with E-state index in [1.807, 2.05) is 37.3 Å². The molecule has 0 N–H and O–H groups in total. The fourth-order valence-corrected chi connectivity index (χ4v) is 3.10. The third-order valence-electron chi connectivity index (χ3n) is 4.32. The molecule has 1 aromatic carbocycles. The Morgan fingerprint density at radius 2 is 2.08 bits per heavy atom. The van der Waals surface area contributed by atoms with Crippen LogP contribution in [-0.4, -0.2) is 39.6 Å². The molecule has 4 rings (SSSR count). The lowest BCUT2D eigenvalue weighted by Gasteiger charge is -2.34. The summed E-state index contributed by atoms with van der Waals surface area (Å²) < 4.78 is 14.9. The molecular weight excluding hydrogens is 329 g/mol. The molecular formula is C18H15ClFN3O. The van der Waals surface area contributed by atoms with Crippen LogP contribution in [-0.2, 0) is 0 Å². The molecule has 0 saturated carbocycles. The molecule has 0 aliphatic carbocycles. The summed E-state index contributed by atoms with van der Waals surface area (Å²) in [5, 5.41) is 1.48. The fourth-order valence-electron chi connectivity index (χ4n) is 2.93. The molecule has 1 fully saturated rings. The number of carbonyl (C=O) groups excluding carboxylic acids is 1. The van der Waals surface area contributed by atoms with Crippen LogP contribution in [0.5, 0.6) is 0 Å². The largest absolute Gasteiger partial charge is 0.331 e. The van der Waals surface area contributed by atoms with Gasteiger partial charge in [-0.3, -0.25) is 9.36 Å². The van der Waals surface area contributed by atoms with Gasteiger partial charge in [-0.05, 0) is 42.8 Å². The van der Waals surface area contributed by atoms with E-state index in [9.17, 15) is 9.18 Å². The summed E-state index contributed by atoms with van der Waals surface area (Å²) >= 11 is 6.26. The second kappa shape index (κ2) is 5.60. The first-order valence-corrected chi connectivity index (χ1v) is 8.09. The second-order valence-electron chi connectivity index (χ2n) is 6.02. The Hall–Kier alpha value is -2.40. The molecule has 3 aromatic rings. The van der Waals surface area contributed by atoms with Crippen molar-refractivity contribution < 1.29 is 9.18 Å². The number of hydrogen-bond acceptors (Lipinski definition) is 2. The summed E-state index contributed by atoms with van der Waals surface area (Å²) in [5.74, 6) is -0.196. The predicted molar refractivity (Wildman–Crippen MR) is 91.6 cm³/mol. The molecule has 1 saturated heterocycles. The Morgan fingerprint density at radius 3 is 2.79 bits per heavy atom. The molecule has 3 heterocycles. The van der Waals surface area contributed by atoms with Crippen molar-refractivity contribution in [2.24, 2.45) is 0 Å². The van der Waals surface area contributed by atoms with Gasteiger partial charge in [0.25, 0.3) is 5.91 Å². The van der Waals surface area contributed by atoms with Gasteiger partial charge in [0.05, 0.1) is 13.1 Å². The van der Waals surface area contributed by atoms with Crippen LogP contribution in [0.3, 0.4) is 0 Å². The summed E-state index contributed by atoms with van der Waals surface area (Å²) in [6.07, 6.45) is 0.753. The SMILES string of the molecule is Cc1ccc(-n2c(C(=O)N3CC(F)C3)cc3cccnc32)cc1Cl. The summed E-state index contributed by atoms with van der Waals surface area (Å²) in [6.45, 7) is 2.20. The van der Waals surface area contributed by atoms with E-state index in [1.54, 1.807) is 16.8 Å². The van der Waals surface area contributed by atoms with Gasteiger partial charge in [0, 0.05) is 22.3 Å². The Bertz CT molecular complexity index is 947. The number of amides is 1. The van der Waals surface area contributed by atoms with E-state index in [-0.39, 0.29) is 19.0 Å². The van der Waals surface area contributed by atoms with Crippen LogP contribution in [0.15, 0.2) is 42.6 Å². The quantitative estimate of drug-likeness (QED) is 0.710. The molecule has 1 amide bonds. The van der Waals surface area contributed by atoms with Gasteiger partial charge in [-0.2, -0.15) is 0 Å². The van der Waals surface area contributed by atoms with Gasteiger partial charge in [0.1, 0.15) is 17.5 Å². The summed E-state index contributed by atoms with van der Waals surface area (Å²) in [6, 6.07) is 11.1. The normalized spacial score (nSPS) is 14.9. The molecule has 2 aromatic heterocycles. The minimum Gasteiger partial charge on any atom is -0.331 e. The van der Waals surface area contributed by atoms with Gasteiger partial charge in [-0.1, -0.05) is 17.7 Å². The number of likely N-dealkylation sites (tertiary alicyclic amines) is 1. The van der Waals surface area contributed by atoms with Crippen LogP contribution < -0.4 is 0 Å². The topological polar surface area (TPSA) is 38.1 Å². The zero-order valence-corrected chi connectivity index (χ0v) is 13.8. The smallest absolute Gasteiger partial charge is 0.271 e. The number of pyridine rings is 1. The van der Waals surface area contributed by atoms with Crippen LogP contribution in [0.25, 0.3) is 16.7 Å². The highest BCUT2D eigenvalue weighted by atomic mass is 35.5. The first-order valence-electron chi connectivity index (χ1n) is 7.71. The van der Waals surface area contributed by atoms with Crippen molar-refractivity contribution in [3.63, 3.8) is 0 Å². The lowest BCUT2D eigenvalue weighted by atomic mass is 10.1. The number of aryl methyl sites for hydroxylation is 1. The predicted octanol–water partition coefficient (Wildman–Crippen LogP) is 3.78. The highest BCUT2D eigenvalue weighted by molar-refractivity contribution is 6.31. The monoisotopic (exact) mass is 343 g/mol. The van der Waals surface area contributed by atoms with Gasteiger partial charge in [-0.15, -0.1) is 0 Å². The van der Waals surface area contributed by atoms with Gasteiger partial charge in [0.2, 0.25) is 0 Å². The van der Waals surface area contributed by atoms with Crippen molar-refractivity contribution in [2.45, 2.75) is 13.1 Å². The second-order valence-corrected chi connectivity index (χ2v) is 6.43. The first kappa shape index (κ1) is 15.1. The molecule has 24 heavy (non-hydrogen) atoms. The number of alkyl halides is 1. The maximum atomic E-state index is 13.1. The number of fused-ring (bicyclic) bond motifs is 1. The van der Waals surface area contributed by atoms with Gasteiger partial charge >= 0.3 is 0 Å². The van der Waals surface area contributed by atoms with E-state index < -0.39 is 6.17 Å². The van der Waals surface area contributed by atoms with Crippen molar-refractivity contribution in [1.29, 1.82) is 0 Å². The van der Waals surface area contributed by atoms with E-state index in [4.69, 9.17) is 11.6 Å². The lowest BCUT2D eigenvalue weighted by Crippen LogP contribution is -2.51. The molecule has 0 unspecified atom stereocenters. The van der Waals surface area contributed by atoms with Crippen molar-refractivity contribution in [3.8, 4) is 5.69 Å². The van der Waals surface area contributed by atoms with Crippen LogP contribution in [0.2, 0.25) is 5.02 Å². The molecule has 0 spiro atoms. The van der Waals surface area contributed by atoms with E-state index in [2.05, 4.69) is 4.98 Å². The Kier molecular flexibility index (Phi) is 3.53. The van der Waals surface area contributed by atoms with Crippen LogP contribution in [0, 0.1) is 6.92 Å². The number of halogens is 2. The van der Waals surface area contributed by atoms with E-state index in [1.165, 1.54) is 4.90 Å². The van der Waals surface area contributed by atoms with E-state index in [0.717, 1.165) is 16.6 Å². The highest BCUT2D eigenvalue weighted by Gasteiger charge is 2.33. The number of aromatic nitrogens is 2. The molecule has 1 aliphatic heterocycles. The van der Waals surface area contributed by atoms with Crippen molar-refractivity contribution >= 4 is 28.5 Å².